The molecule has 0 atom stereocenters. The summed E-state index contributed by atoms with van der Waals surface area (Å²) >= 11 is 5.45. The van der Waals surface area contributed by atoms with Gasteiger partial charge in [0.2, 0.25) is 0 Å². The number of rotatable bonds is 3. The van der Waals surface area contributed by atoms with Crippen molar-refractivity contribution in [2.45, 2.75) is 6.92 Å². The first-order valence-electron chi connectivity index (χ1n) is 7.51. The molecule has 0 unspecified atom stereocenters. The first-order chi connectivity index (χ1) is 11.2. The fourth-order valence-corrected chi connectivity index (χ4v) is 2.70. The van der Waals surface area contributed by atoms with Crippen molar-refractivity contribution in [2.75, 3.05) is 10.6 Å². The summed E-state index contributed by atoms with van der Waals surface area (Å²) < 4.78 is 0. The SMILES string of the molecule is Cc1cccc(NC(=S)Nc2ccccc2-c2ccccc2)c1. The van der Waals surface area contributed by atoms with Crippen molar-refractivity contribution in [3.63, 3.8) is 0 Å². The summed E-state index contributed by atoms with van der Waals surface area (Å²) in [6, 6.07) is 26.6. The van der Waals surface area contributed by atoms with Crippen LogP contribution in [0.15, 0.2) is 78.9 Å². The van der Waals surface area contributed by atoms with Gasteiger partial charge in [0.05, 0.1) is 0 Å². The maximum atomic E-state index is 5.45. The molecule has 2 N–H and O–H groups in total. The van der Waals surface area contributed by atoms with E-state index in [1.165, 1.54) is 5.56 Å². The van der Waals surface area contributed by atoms with Gasteiger partial charge in [-0.2, -0.15) is 0 Å². The molecule has 0 spiro atoms. The van der Waals surface area contributed by atoms with Gasteiger partial charge < -0.3 is 10.6 Å². The molecule has 3 heteroatoms. The van der Waals surface area contributed by atoms with Crippen LogP contribution in [0.4, 0.5) is 11.4 Å². The Morgan fingerprint density at radius 1 is 0.783 bits per heavy atom. The van der Waals surface area contributed by atoms with Crippen LogP contribution in [0.1, 0.15) is 5.56 Å². The normalized spacial score (nSPS) is 10.1. The molecule has 114 valence electrons. The molecule has 23 heavy (non-hydrogen) atoms. The molecule has 0 saturated carbocycles. The van der Waals surface area contributed by atoms with Crippen LogP contribution in [-0.4, -0.2) is 5.11 Å². The lowest BCUT2D eigenvalue weighted by Gasteiger charge is -2.14. The van der Waals surface area contributed by atoms with Crippen LogP contribution in [0, 0.1) is 6.92 Å². The molecule has 0 radical (unpaired) electrons. The molecule has 0 aromatic heterocycles. The molecule has 3 aromatic carbocycles. The molecular formula is C20H18N2S. The molecule has 0 saturated heterocycles. The minimum absolute atomic E-state index is 0.582. The van der Waals surface area contributed by atoms with Gasteiger partial charge in [-0.25, -0.2) is 0 Å². The number of benzene rings is 3. The number of hydrogen-bond acceptors (Lipinski definition) is 1. The average molecular weight is 318 g/mol. The summed E-state index contributed by atoms with van der Waals surface area (Å²) in [5.74, 6) is 0. The lowest BCUT2D eigenvalue weighted by molar-refractivity contribution is 1.46. The summed E-state index contributed by atoms with van der Waals surface area (Å²) in [5, 5.41) is 7.11. The van der Waals surface area contributed by atoms with Crippen LogP contribution in [0.5, 0.6) is 0 Å². The van der Waals surface area contributed by atoms with E-state index in [4.69, 9.17) is 12.2 Å². The molecule has 0 heterocycles. The predicted molar refractivity (Wildman–Crippen MR) is 103 cm³/mol. The van der Waals surface area contributed by atoms with Crippen molar-refractivity contribution in [1.82, 2.24) is 0 Å². The van der Waals surface area contributed by atoms with E-state index in [0.29, 0.717) is 5.11 Å². The molecule has 0 fully saturated rings. The summed E-state index contributed by atoms with van der Waals surface area (Å²) in [6.07, 6.45) is 0. The third kappa shape index (κ3) is 3.96. The minimum atomic E-state index is 0.582. The monoisotopic (exact) mass is 318 g/mol. The van der Waals surface area contributed by atoms with E-state index in [9.17, 15) is 0 Å². The number of anilines is 2. The second-order valence-corrected chi connectivity index (χ2v) is 5.77. The van der Waals surface area contributed by atoms with E-state index in [-0.39, 0.29) is 0 Å². The fraction of sp³-hybridized carbons (Fsp3) is 0.0500. The predicted octanol–water partition coefficient (Wildman–Crippen LogP) is 5.47. The Balaban J connectivity index is 1.79. The smallest absolute Gasteiger partial charge is 0.175 e. The Bertz CT molecular complexity index is 813. The molecule has 0 aliphatic carbocycles. The van der Waals surface area contributed by atoms with Gasteiger partial charge in [0, 0.05) is 16.9 Å². The van der Waals surface area contributed by atoms with Crippen LogP contribution in [-0.2, 0) is 0 Å². The van der Waals surface area contributed by atoms with Gasteiger partial charge in [-0.3, -0.25) is 0 Å². The second-order valence-electron chi connectivity index (χ2n) is 5.36. The highest BCUT2D eigenvalue weighted by Crippen LogP contribution is 2.27. The Labute approximate surface area is 142 Å². The standard InChI is InChI=1S/C20H18N2S/c1-15-8-7-11-17(14-15)21-20(23)22-19-13-6-5-12-18(19)16-9-3-2-4-10-16/h2-14H,1H3,(H2,21,22,23). The quantitative estimate of drug-likeness (QED) is 0.626. The molecule has 0 amide bonds. The maximum Gasteiger partial charge on any atom is 0.175 e. The number of thiocarbonyl (C=S) groups is 1. The van der Waals surface area contributed by atoms with Crippen molar-refractivity contribution in [3.8, 4) is 11.1 Å². The van der Waals surface area contributed by atoms with E-state index in [1.807, 2.05) is 48.5 Å². The van der Waals surface area contributed by atoms with E-state index in [0.717, 1.165) is 22.5 Å². The minimum Gasteiger partial charge on any atom is -0.332 e. The van der Waals surface area contributed by atoms with Crippen molar-refractivity contribution < 1.29 is 0 Å². The first-order valence-corrected chi connectivity index (χ1v) is 7.92. The number of nitrogens with one attached hydrogen (secondary N) is 2. The highest BCUT2D eigenvalue weighted by atomic mass is 32.1. The third-order valence-corrected chi connectivity index (χ3v) is 3.74. The number of para-hydroxylation sites is 1. The van der Waals surface area contributed by atoms with Gasteiger partial charge in [-0.1, -0.05) is 60.7 Å². The Morgan fingerprint density at radius 3 is 2.30 bits per heavy atom. The summed E-state index contributed by atoms with van der Waals surface area (Å²) in [6.45, 7) is 2.06. The zero-order chi connectivity index (χ0) is 16.1. The summed E-state index contributed by atoms with van der Waals surface area (Å²) in [5.41, 5.74) is 5.46. The van der Waals surface area contributed by atoms with Gasteiger partial charge in [0.1, 0.15) is 0 Å². The zero-order valence-corrected chi connectivity index (χ0v) is 13.7. The first kappa shape index (κ1) is 15.3. The highest BCUT2D eigenvalue weighted by Gasteiger charge is 2.06. The zero-order valence-electron chi connectivity index (χ0n) is 12.9. The Hall–Kier alpha value is -2.65. The lowest BCUT2D eigenvalue weighted by Crippen LogP contribution is -2.19. The van der Waals surface area contributed by atoms with Crippen LogP contribution in [0.3, 0.4) is 0 Å². The Morgan fingerprint density at radius 2 is 1.52 bits per heavy atom. The van der Waals surface area contributed by atoms with Crippen molar-refractivity contribution >= 4 is 28.7 Å². The lowest BCUT2D eigenvalue weighted by atomic mass is 10.0. The molecule has 2 nitrogen and oxygen atoms in total. The van der Waals surface area contributed by atoms with E-state index >= 15 is 0 Å². The Kier molecular flexibility index (Phi) is 4.69. The molecule has 3 rings (SSSR count). The van der Waals surface area contributed by atoms with Crippen molar-refractivity contribution in [2.24, 2.45) is 0 Å². The summed E-state index contributed by atoms with van der Waals surface area (Å²) in [7, 11) is 0. The largest absolute Gasteiger partial charge is 0.332 e. The van der Waals surface area contributed by atoms with Crippen LogP contribution >= 0.6 is 12.2 Å². The number of aryl methyl sites for hydroxylation is 1. The third-order valence-electron chi connectivity index (χ3n) is 3.54. The maximum absolute atomic E-state index is 5.45. The van der Waals surface area contributed by atoms with Crippen molar-refractivity contribution in [3.05, 3.63) is 84.4 Å². The van der Waals surface area contributed by atoms with Crippen LogP contribution in [0.25, 0.3) is 11.1 Å². The van der Waals surface area contributed by atoms with E-state index < -0.39 is 0 Å². The fourth-order valence-electron chi connectivity index (χ4n) is 2.47. The molecular weight excluding hydrogens is 300 g/mol. The highest BCUT2D eigenvalue weighted by molar-refractivity contribution is 7.80. The van der Waals surface area contributed by atoms with E-state index in [2.05, 4.69) is 47.9 Å². The molecule has 0 bridgehead atoms. The van der Waals surface area contributed by atoms with Gasteiger partial charge in [-0.05, 0) is 48.5 Å². The molecule has 0 aliphatic rings. The van der Waals surface area contributed by atoms with Gasteiger partial charge in [0.25, 0.3) is 0 Å². The number of hydrogen-bond donors (Lipinski definition) is 2. The van der Waals surface area contributed by atoms with Gasteiger partial charge in [0.15, 0.2) is 5.11 Å². The van der Waals surface area contributed by atoms with E-state index in [1.54, 1.807) is 0 Å². The average Bonchev–Trinajstić information content (AvgIpc) is 2.56. The topological polar surface area (TPSA) is 24.1 Å². The van der Waals surface area contributed by atoms with Gasteiger partial charge in [-0.15, -0.1) is 0 Å². The molecule has 0 aliphatic heterocycles. The molecule has 3 aromatic rings. The second kappa shape index (κ2) is 7.07. The van der Waals surface area contributed by atoms with Crippen LogP contribution in [0.2, 0.25) is 0 Å². The van der Waals surface area contributed by atoms with Gasteiger partial charge >= 0.3 is 0 Å². The summed E-state index contributed by atoms with van der Waals surface area (Å²) in [4.78, 5) is 0. The van der Waals surface area contributed by atoms with Crippen LogP contribution < -0.4 is 10.6 Å². The van der Waals surface area contributed by atoms with Crippen molar-refractivity contribution in [1.29, 1.82) is 0 Å².